The van der Waals surface area contributed by atoms with Gasteiger partial charge < -0.3 is 13.3 Å². The van der Waals surface area contributed by atoms with Gasteiger partial charge in [0.2, 0.25) is 0 Å². The molecule has 0 heterocycles. The fourth-order valence-corrected chi connectivity index (χ4v) is 3.69. The fraction of sp³-hybridized carbons (Fsp3) is 0.833. The van der Waals surface area contributed by atoms with Crippen molar-refractivity contribution in [3.63, 3.8) is 0 Å². The molecule has 0 aromatic heterocycles. The van der Waals surface area contributed by atoms with E-state index in [-0.39, 0.29) is 5.78 Å². The van der Waals surface area contributed by atoms with E-state index in [4.69, 9.17) is 25.5 Å². The van der Waals surface area contributed by atoms with E-state index in [9.17, 15) is 4.79 Å². The standard InChI is InChI=1S/C12H24O4SSi/c1-5-6-7-8-11(13)12(17)9-10-18(14-2,15-3)16-4/h5-10H2,1-4H3. The minimum absolute atomic E-state index is 0.0738. The van der Waals surface area contributed by atoms with Gasteiger partial charge in [0.25, 0.3) is 0 Å². The van der Waals surface area contributed by atoms with Gasteiger partial charge in [-0.1, -0.05) is 32.0 Å². The van der Waals surface area contributed by atoms with Gasteiger partial charge in [-0.05, 0) is 12.8 Å². The van der Waals surface area contributed by atoms with Crippen LogP contribution in [0.25, 0.3) is 0 Å². The zero-order valence-corrected chi connectivity index (χ0v) is 13.6. The molecule has 0 bridgehead atoms. The average Bonchev–Trinajstić information content (AvgIpc) is 2.40. The maximum absolute atomic E-state index is 11.8. The second kappa shape index (κ2) is 9.74. The van der Waals surface area contributed by atoms with Crippen LogP contribution < -0.4 is 0 Å². The van der Waals surface area contributed by atoms with E-state index in [2.05, 4.69) is 6.92 Å². The highest BCUT2D eigenvalue weighted by Gasteiger charge is 2.37. The molecule has 6 heteroatoms. The maximum Gasteiger partial charge on any atom is 0.500 e. The number of carbonyl (C=O) groups excluding carboxylic acids is 1. The van der Waals surface area contributed by atoms with Crippen molar-refractivity contribution < 1.29 is 18.1 Å². The number of unbranched alkanes of at least 4 members (excludes halogenated alkanes) is 2. The molecule has 0 N–H and O–H groups in total. The lowest BCUT2D eigenvalue weighted by Gasteiger charge is -2.24. The minimum Gasteiger partial charge on any atom is -0.377 e. The highest BCUT2D eigenvalue weighted by Crippen LogP contribution is 2.16. The van der Waals surface area contributed by atoms with Crippen LogP contribution in [0.1, 0.15) is 39.0 Å². The Kier molecular flexibility index (Phi) is 9.67. The average molecular weight is 292 g/mol. The zero-order valence-electron chi connectivity index (χ0n) is 11.8. The summed E-state index contributed by atoms with van der Waals surface area (Å²) in [6.07, 6.45) is 4.14. The first-order valence-electron chi connectivity index (χ1n) is 6.26. The van der Waals surface area contributed by atoms with Crippen molar-refractivity contribution in [2.24, 2.45) is 0 Å². The molecule has 0 atom stereocenters. The van der Waals surface area contributed by atoms with Crippen LogP contribution in [0, 0.1) is 0 Å². The predicted octanol–water partition coefficient (Wildman–Crippen LogP) is 2.77. The highest BCUT2D eigenvalue weighted by molar-refractivity contribution is 7.82. The summed E-state index contributed by atoms with van der Waals surface area (Å²) in [4.78, 5) is 12.2. The maximum atomic E-state index is 11.8. The van der Waals surface area contributed by atoms with E-state index < -0.39 is 8.80 Å². The molecule has 0 radical (unpaired) electrons. The summed E-state index contributed by atoms with van der Waals surface area (Å²) in [5, 5.41) is 0. The van der Waals surface area contributed by atoms with Gasteiger partial charge >= 0.3 is 8.80 Å². The van der Waals surface area contributed by atoms with E-state index >= 15 is 0 Å². The summed E-state index contributed by atoms with van der Waals surface area (Å²) in [6.45, 7) is 2.11. The predicted molar refractivity (Wildman–Crippen MR) is 78.0 cm³/mol. The Morgan fingerprint density at radius 2 is 1.61 bits per heavy atom. The first-order valence-corrected chi connectivity index (χ1v) is 8.60. The summed E-state index contributed by atoms with van der Waals surface area (Å²) in [5.41, 5.74) is 0. The van der Waals surface area contributed by atoms with Gasteiger partial charge in [0, 0.05) is 33.8 Å². The van der Waals surface area contributed by atoms with Crippen molar-refractivity contribution in [1.29, 1.82) is 0 Å². The minimum atomic E-state index is -2.60. The third-order valence-electron chi connectivity index (χ3n) is 2.91. The monoisotopic (exact) mass is 292 g/mol. The summed E-state index contributed by atoms with van der Waals surface area (Å²) in [6, 6.07) is 0.550. The first kappa shape index (κ1) is 17.9. The SMILES string of the molecule is CCCCCC(=O)C(=S)CC[Si](OC)(OC)OC. The van der Waals surface area contributed by atoms with Gasteiger partial charge in [-0.15, -0.1) is 0 Å². The van der Waals surface area contributed by atoms with Crippen molar-refractivity contribution in [3.8, 4) is 0 Å². The third kappa shape index (κ3) is 6.15. The van der Waals surface area contributed by atoms with Crippen molar-refractivity contribution >= 4 is 31.7 Å². The van der Waals surface area contributed by atoms with Gasteiger partial charge in [-0.2, -0.15) is 0 Å². The Morgan fingerprint density at radius 3 is 2.06 bits per heavy atom. The van der Waals surface area contributed by atoms with E-state index in [0.717, 1.165) is 19.3 Å². The highest BCUT2D eigenvalue weighted by atomic mass is 32.1. The van der Waals surface area contributed by atoms with Crippen LogP contribution in [-0.2, 0) is 18.1 Å². The molecular formula is C12H24O4SSi. The van der Waals surface area contributed by atoms with E-state index in [0.29, 0.717) is 23.8 Å². The molecule has 4 nitrogen and oxygen atoms in total. The van der Waals surface area contributed by atoms with Gasteiger partial charge in [0.1, 0.15) is 0 Å². The smallest absolute Gasteiger partial charge is 0.377 e. The summed E-state index contributed by atoms with van der Waals surface area (Å²) in [7, 11) is 2.08. The number of Topliss-reactive ketones (excluding diaryl/α,β-unsaturated/α-hetero) is 1. The van der Waals surface area contributed by atoms with Gasteiger partial charge in [0.15, 0.2) is 5.78 Å². The molecule has 0 amide bonds. The summed E-state index contributed by atoms with van der Waals surface area (Å²) in [5.74, 6) is 0.0738. The Balaban J connectivity index is 4.11. The van der Waals surface area contributed by atoms with Crippen LogP contribution in [0.5, 0.6) is 0 Å². The van der Waals surface area contributed by atoms with Crippen LogP contribution in [-0.4, -0.2) is 40.8 Å². The molecule has 0 saturated carbocycles. The number of carbonyl (C=O) groups is 1. The third-order valence-corrected chi connectivity index (χ3v) is 6.07. The Bertz CT molecular complexity index is 259. The molecule has 0 rings (SSSR count). The molecule has 0 aliphatic rings. The van der Waals surface area contributed by atoms with Gasteiger partial charge in [0.05, 0.1) is 4.86 Å². The molecule has 106 valence electrons. The lowest BCUT2D eigenvalue weighted by Crippen LogP contribution is -2.43. The van der Waals surface area contributed by atoms with E-state index in [1.165, 1.54) is 0 Å². The van der Waals surface area contributed by atoms with Crippen molar-refractivity contribution in [2.45, 2.75) is 45.1 Å². The van der Waals surface area contributed by atoms with E-state index in [1.54, 1.807) is 21.3 Å². The molecule has 0 unspecified atom stereocenters. The number of ketones is 1. The molecule has 0 fully saturated rings. The second-order valence-corrected chi connectivity index (χ2v) is 7.68. The van der Waals surface area contributed by atoms with Crippen LogP contribution in [0.3, 0.4) is 0 Å². The fourth-order valence-electron chi connectivity index (χ4n) is 1.64. The van der Waals surface area contributed by atoms with Crippen molar-refractivity contribution in [1.82, 2.24) is 0 Å². The van der Waals surface area contributed by atoms with Crippen molar-refractivity contribution in [2.75, 3.05) is 21.3 Å². The van der Waals surface area contributed by atoms with Crippen LogP contribution >= 0.6 is 12.2 Å². The lowest BCUT2D eigenvalue weighted by atomic mass is 10.1. The number of hydrogen-bond donors (Lipinski definition) is 0. The van der Waals surface area contributed by atoms with Crippen LogP contribution in [0.4, 0.5) is 0 Å². The molecule has 0 spiro atoms. The lowest BCUT2D eigenvalue weighted by molar-refractivity contribution is -0.113. The topological polar surface area (TPSA) is 44.8 Å². The first-order chi connectivity index (χ1) is 8.55. The Hall–Kier alpha value is -0.143. The van der Waals surface area contributed by atoms with Crippen LogP contribution in [0.2, 0.25) is 6.04 Å². The Labute approximate surface area is 116 Å². The molecule has 0 aliphatic carbocycles. The summed E-state index contributed by atoms with van der Waals surface area (Å²) >= 11 is 5.14. The quantitative estimate of drug-likeness (QED) is 0.333. The molecule has 18 heavy (non-hydrogen) atoms. The molecule has 0 saturated heterocycles. The van der Waals surface area contributed by atoms with E-state index in [1.807, 2.05) is 0 Å². The zero-order chi connectivity index (χ0) is 14.0. The summed E-state index contributed by atoms with van der Waals surface area (Å²) < 4.78 is 15.9. The van der Waals surface area contributed by atoms with Gasteiger partial charge in [-0.3, -0.25) is 4.79 Å². The molecule has 0 aliphatic heterocycles. The van der Waals surface area contributed by atoms with Crippen molar-refractivity contribution in [3.05, 3.63) is 0 Å². The molecule has 0 aromatic rings. The number of hydrogen-bond acceptors (Lipinski definition) is 5. The molecular weight excluding hydrogens is 268 g/mol. The molecule has 0 aromatic carbocycles. The second-order valence-electron chi connectivity index (χ2n) is 4.10. The van der Waals surface area contributed by atoms with Gasteiger partial charge in [-0.25, -0.2) is 0 Å². The largest absolute Gasteiger partial charge is 0.500 e. The van der Waals surface area contributed by atoms with Crippen LogP contribution in [0.15, 0.2) is 0 Å². The Morgan fingerprint density at radius 1 is 1.06 bits per heavy atom. The number of thiocarbonyl (C=S) groups is 1. The number of rotatable bonds is 11. The normalized spacial score (nSPS) is 11.6.